The second kappa shape index (κ2) is 11.2. The van der Waals surface area contributed by atoms with Gasteiger partial charge in [-0.15, -0.1) is 11.3 Å². The molecule has 1 atom stereocenters. The molecule has 0 fully saturated rings. The van der Waals surface area contributed by atoms with Crippen LogP contribution in [0.2, 0.25) is 5.02 Å². The van der Waals surface area contributed by atoms with Crippen molar-refractivity contribution in [3.05, 3.63) is 58.1 Å². The van der Waals surface area contributed by atoms with Gasteiger partial charge in [0.05, 0.1) is 31.5 Å². The minimum absolute atomic E-state index is 0.255. The van der Waals surface area contributed by atoms with E-state index in [1.54, 1.807) is 50.8 Å². The van der Waals surface area contributed by atoms with Crippen molar-refractivity contribution in [2.45, 2.75) is 33.2 Å². The van der Waals surface area contributed by atoms with Crippen molar-refractivity contribution in [1.29, 1.82) is 0 Å². The number of nitrogens with zero attached hydrogens (tertiary/aromatic N) is 2. The Morgan fingerprint density at radius 2 is 1.84 bits per heavy atom. The second-order valence-corrected chi connectivity index (χ2v) is 9.66. The number of carbonyl (C=O) groups excluding carboxylic acids is 2. The number of rotatable bonds is 9. The Kier molecular flexibility index (Phi) is 8.04. The van der Waals surface area contributed by atoms with Gasteiger partial charge in [-0.1, -0.05) is 36.7 Å². The zero-order valence-electron chi connectivity index (χ0n) is 21.3. The number of anilines is 1. The molecule has 0 saturated heterocycles. The highest BCUT2D eigenvalue weighted by Crippen LogP contribution is 2.42. The van der Waals surface area contributed by atoms with Gasteiger partial charge in [0.15, 0.2) is 5.13 Å². The minimum Gasteiger partial charge on any atom is -0.496 e. The predicted molar refractivity (Wildman–Crippen MR) is 146 cm³/mol. The summed E-state index contributed by atoms with van der Waals surface area (Å²) >= 11 is 7.66. The van der Waals surface area contributed by atoms with Crippen molar-refractivity contribution < 1.29 is 23.8 Å². The number of para-hydroxylation sites is 1. The van der Waals surface area contributed by atoms with Crippen molar-refractivity contribution in [2.75, 3.05) is 26.1 Å². The van der Waals surface area contributed by atoms with Gasteiger partial charge in [-0.3, -0.25) is 10.1 Å². The van der Waals surface area contributed by atoms with Crippen LogP contribution in [0.4, 0.5) is 5.13 Å². The highest BCUT2D eigenvalue weighted by molar-refractivity contribution is 7.16. The molecule has 1 amide bonds. The van der Waals surface area contributed by atoms with Gasteiger partial charge in [-0.2, -0.15) is 0 Å². The lowest BCUT2D eigenvalue weighted by molar-refractivity contribution is -0.146. The number of esters is 1. The summed E-state index contributed by atoms with van der Waals surface area (Å²) in [6.45, 7) is 5.74. The third-order valence-electron chi connectivity index (χ3n) is 5.96. The summed E-state index contributed by atoms with van der Waals surface area (Å²) in [4.78, 5) is 31.8. The quantitative estimate of drug-likeness (QED) is 0.247. The van der Waals surface area contributed by atoms with Crippen LogP contribution in [0.5, 0.6) is 11.5 Å². The lowest BCUT2D eigenvalue weighted by atomic mass is 10.1. The van der Waals surface area contributed by atoms with Crippen LogP contribution in [-0.4, -0.2) is 42.3 Å². The van der Waals surface area contributed by atoms with E-state index in [0.717, 1.165) is 15.8 Å². The second-order valence-electron chi connectivity index (χ2n) is 8.17. The molecule has 194 valence electrons. The van der Waals surface area contributed by atoms with Crippen molar-refractivity contribution in [3.8, 4) is 22.8 Å². The fraction of sp³-hybridized carbons (Fsp3) is 0.296. The van der Waals surface area contributed by atoms with Crippen LogP contribution in [-0.2, 0) is 16.0 Å². The predicted octanol–water partition coefficient (Wildman–Crippen LogP) is 6.37. The Bertz CT molecular complexity index is 1460. The minimum atomic E-state index is -0.690. The summed E-state index contributed by atoms with van der Waals surface area (Å²) in [6, 6.07) is 12.1. The van der Waals surface area contributed by atoms with Crippen molar-refractivity contribution >= 4 is 50.8 Å². The Labute approximate surface area is 224 Å². The number of methoxy groups -OCH3 is 2. The van der Waals surface area contributed by atoms with E-state index in [1.165, 1.54) is 11.3 Å². The van der Waals surface area contributed by atoms with Crippen LogP contribution in [0, 0.1) is 0 Å². The molecule has 2 heterocycles. The number of fused-ring (bicyclic) bond motifs is 1. The number of halogens is 1. The lowest BCUT2D eigenvalue weighted by Crippen LogP contribution is -2.24. The molecule has 37 heavy (non-hydrogen) atoms. The van der Waals surface area contributed by atoms with Crippen LogP contribution in [0.3, 0.4) is 0 Å². The van der Waals surface area contributed by atoms with Gasteiger partial charge < -0.3 is 18.8 Å². The van der Waals surface area contributed by atoms with E-state index < -0.39 is 12.0 Å². The normalized spacial score (nSPS) is 11.8. The SMILES string of the molecule is CCOC(=O)C(C)n1c(C(=O)Nc2nc(-c3cc(OC)c(Cl)cc3OC)c(CC)s2)cc2ccccc21. The Balaban J connectivity index is 1.74. The smallest absolute Gasteiger partial charge is 0.328 e. The molecule has 0 saturated carbocycles. The molecule has 0 aliphatic rings. The van der Waals surface area contributed by atoms with Crippen molar-refractivity contribution in [3.63, 3.8) is 0 Å². The van der Waals surface area contributed by atoms with Crippen LogP contribution in [0.25, 0.3) is 22.2 Å². The number of aryl methyl sites for hydroxylation is 1. The Morgan fingerprint density at radius 3 is 2.51 bits per heavy atom. The van der Waals surface area contributed by atoms with Crippen LogP contribution < -0.4 is 14.8 Å². The summed E-state index contributed by atoms with van der Waals surface area (Å²) in [5, 5.41) is 4.62. The molecular formula is C27H28ClN3O5S. The highest BCUT2D eigenvalue weighted by Gasteiger charge is 2.26. The average molecular weight is 542 g/mol. The van der Waals surface area contributed by atoms with E-state index in [4.69, 9.17) is 30.8 Å². The largest absolute Gasteiger partial charge is 0.496 e. The van der Waals surface area contributed by atoms with Crippen molar-refractivity contribution in [1.82, 2.24) is 9.55 Å². The first kappa shape index (κ1) is 26.5. The van der Waals surface area contributed by atoms with Gasteiger partial charge in [0.25, 0.3) is 5.91 Å². The van der Waals surface area contributed by atoms with Crippen LogP contribution >= 0.6 is 22.9 Å². The molecule has 0 aliphatic carbocycles. The number of amides is 1. The number of carbonyl (C=O) groups is 2. The van der Waals surface area contributed by atoms with Crippen molar-refractivity contribution in [2.24, 2.45) is 0 Å². The number of hydrogen-bond donors (Lipinski definition) is 1. The molecule has 1 unspecified atom stereocenters. The molecule has 0 spiro atoms. The number of aromatic nitrogens is 2. The number of nitrogens with one attached hydrogen (secondary N) is 1. The summed E-state index contributed by atoms with van der Waals surface area (Å²) in [7, 11) is 3.10. The highest BCUT2D eigenvalue weighted by atomic mass is 35.5. The standard InChI is InChI=1S/C27H28ClN3O5S/c1-6-23-24(17-13-22(35-5)18(28)14-21(17)34-4)29-27(37-23)30-25(32)20-12-16-10-8-9-11-19(16)31(20)15(3)26(33)36-7-2/h8-15H,6-7H2,1-5H3,(H,29,30,32). The maximum absolute atomic E-state index is 13.5. The molecule has 4 rings (SSSR count). The molecule has 0 bridgehead atoms. The summed E-state index contributed by atoms with van der Waals surface area (Å²) in [6.07, 6.45) is 0.692. The molecule has 2 aromatic heterocycles. The van der Waals surface area contributed by atoms with Gasteiger partial charge >= 0.3 is 5.97 Å². The van der Waals surface area contributed by atoms with E-state index >= 15 is 0 Å². The topological polar surface area (TPSA) is 91.7 Å². The first-order valence-electron chi connectivity index (χ1n) is 11.8. The number of thiazole rings is 1. The lowest BCUT2D eigenvalue weighted by Gasteiger charge is -2.17. The van der Waals surface area contributed by atoms with Gasteiger partial charge in [0.1, 0.15) is 23.2 Å². The Hall–Kier alpha value is -3.56. The van der Waals surface area contributed by atoms with Gasteiger partial charge in [-0.25, -0.2) is 9.78 Å². The maximum Gasteiger partial charge on any atom is 0.328 e. The number of ether oxygens (including phenoxy) is 3. The maximum atomic E-state index is 13.5. The van der Waals surface area contributed by atoms with E-state index in [2.05, 4.69) is 5.32 Å². The van der Waals surface area contributed by atoms with Crippen LogP contribution in [0.15, 0.2) is 42.5 Å². The Morgan fingerprint density at radius 1 is 1.11 bits per heavy atom. The molecule has 0 aliphatic heterocycles. The van der Waals surface area contributed by atoms with E-state index in [9.17, 15) is 9.59 Å². The van der Waals surface area contributed by atoms with Gasteiger partial charge in [-0.05, 0) is 38.5 Å². The summed E-state index contributed by atoms with van der Waals surface area (Å²) < 4.78 is 17.9. The molecule has 10 heteroatoms. The molecule has 2 aromatic carbocycles. The first-order valence-corrected chi connectivity index (χ1v) is 13.0. The fourth-order valence-corrected chi connectivity index (χ4v) is 5.34. The van der Waals surface area contributed by atoms with Crippen LogP contribution in [0.1, 0.15) is 42.2 Å². The third-order valence-corrected chi connectivity index (χ3v) is 7.37. The molecule has 4 aromatic rings. The van der Waals surface area contributed by atoms with E-state index in [0.29, 0.717) is 45.0 Å². The first-order chi connectivity index (χ1) is 17.8. The third kappa shape index (κ3) is 5.14. The number of benzene rings is 2. The van der Waals surface area contributed by atoms with Gasteiger partial charge in [0.2, 0.25) is 0 Å². The number of hydrogen-bond acceptors (Lipinski definition) is 7. The molecule has 1 N–H and O–H groups in total. The zero-order valence-corrected chi connectivity index (χ0v) is 22.8. The molecule has 0 radical (unpaired) electrons. The van der Waals surface area contributed by atoms with E-state index in [-0.39, 0.29) is 12.5 Å². The summed E-state index contributed by atoms with van der Waals surface area (Å²) in [5.74, 6) is 0.255. The summed E-state index contributed by atoms with van der Waals surface area (Å²) in [5.41, 5.74) is 2.49. The monoisotopic (exact) mass is 541 g/mol. The van der Waals surface area contributed by atoms with Gasteiger partial charge in [0, 0.05) is 27.4 Å². The fourth-order valence-electron chi connectivity index (χ4n) is 4.20. The average Bonchev–Trinajstić information content (AvgIpc) is 3.49. The van der Waals surface area contributed by atoms with E-state index in [1.807, 2.05) is 31.2 Å². The molecule has 8 nitrogen and oxygen atoms in total. The molecular weight excluding hydrogens is 514 g/mol. The zero-order chi connectivity index (χ0) is 26.7.